The predicted molar refractivity (Wildman–Crippen MR) is 72.9 cm³/mol. The fraction of sp³-hybridized carbons (Fsp3) is 0.200. The van der Waals surface area contributed by atoms with Crippen LogP contribution in [0.25, 0.3) is 0 Å². The molecule has 2 aromatic carbocycles. The van der Waals surface area contributed by atoms with Crippen LogP contribution in [-0.2, 0) is 6.42 Å². The lowest BCUT2D eigenvalue weighted by molar-refractivity contribution is 0.442. The fourth-order valence-corrected chi connectivity index (χ4v) is 2.50. The van der Waals surface area contributed by atoms with Crippen LogP contribution in [0, 0.1) is 17.5 Å². The van der Waals surface area contributed by atoms with Gasteiger partial charge in [0.2, 0.25) is 0 Å². The Kier molecular flexibility index (Phi) is 4.30. The van der Waals surface area contributed by atoms with Crippen LogP contribution in [0.1, 0.15) is 28.4 Å². The highest BCUT2D eigenvalue weighted by Crippen LogP contribution is 2.33. The van der Waals surface area contributed by atoms with Gasteiger partial charge in [-0.2, -0.15) is 0 Å². The maximum Gasteiger partial charge on any atom is 0.194 e. The predicted octanol–water partition coefficient (Wildman–Crippen LogP) is 5.15. The molecule has 19 heavy (non-hydrogen) atoms. The number of aryl methyl sites for hydroxylation is 1. The molecule has 0 N–H and O–H groups in total. The molecule has 1 unspecified atom stereocenters. The standard InChI is InChI=1S/C15H12BrF3/c1-2-9-3-5-10(6-4-9)13(16)11-7-8-12(17)15(19)14(11)18/h3-8,13H,2H2,1H3. The molecule has 0 aliphatic heterocycles. The molecule has 0 saturated carbocycles. The highest BCUT2D eigenvalue weighted by Gasteiger charge is 2.20. The van der Waals surface area contributed by atoms with E-state index in [9.17, 15) is 13.2 Å². The van der Waals surface area contributed by atoms with Crippen LogP contribution in [-0.4, -0.2) is 0 Å². The molecule has 1 atom stereocenters. The third-order valence-electron chi connectivity index (χ3n) is 3.02. The minimum Gasteiger partial charge on any atom is -0.204 e. The van der Waals surface area contributed by atoms with Crippen LogP contribution in [0.5, 0.6) is 0 Å². The first-order valence-electron chi connectivity index (χ1n) is 5.91. The van der Waals surface area contributed by atoms with Crippen molar-refractivity contribution in [1.29, 1.82) is 0 Å². The summed E-state index contributed by atoms with van der Waals surface area (Å²) in [5.41, 5.74) is 2.04. The summed E-state index contributed by atoms with van der Waals surface area (Å²) in [4.78, 5) is -0.506. The highest BCUT2D eigenvalue weighted by molar-refractivity contribution is 9.09. The van der Waals surface area contributed by atoms with E-state index in [1.807, 2.05) is 31.2 Å². The summed E-state index contributed by atoms with van der Waals surface area (Å²) >= 11 is 3.32. The smallest absolute Gasteiger partial charge is 0.194 e. The van der Waals surface area contributed by atoms with Gasteiger partial charge in [0, 0.05) is 5.56 Å². The molecule has 100 valence electrons. The lowest BCUT2D eigenvalue weighted by Gasteiger charge is -2.13. The SMILES string of the molecule is CCc1ccc(C(Br)c2ccc(F)c(F)c2F)cc1. The normalized spacial score (nSPS) is 12.5. The Hall–Kier alpha value is -1.29. The Morgan fingerprint density at radius 1 is 0.947 bits per heavy atom. The maximum atomic E-state index is 13.7. The minimum atomic E-state index is -1.44. The van der Waals surface area contributed by atoms with E-state index in [-0.39, 0.29) is 5.56 Å². The second-order valence-corrected chi connectivity index (χ2v) is 5.14. The molecule has 2 rings (SSSR count). The van der Waals surface area contributed by atoms with Crippen molar-refractivity contribution in [1.82, 2.24) is 0 Å². The number of hydrogen-bond donors (Lipinski definition) is 0. The van der Waals surface area contributed by atoms with Crippen LogP contribution < -0.4 is 0 Å². The van der Waals surface area contributed by atoms with Gasteiger partial charge < -0.3 is 0 Å². The van der Waals surface area contributed by atoms with Crippen molar-refractivity contribution in [2.24, 2.45) is 0 Å². The zero-order valence-electron chi connectivity index (χ0n) is 10.3. The van der Waals surface area contributed by atoms with Crippen LogP contribution in [0.3, 0.4) is 0 Å². The molecular weight excluding hydrogens is 317 g/mol. The van der Waals surface area contributed by atoms with E-state index in [0.717, 1.165) is 23.6 Å². The maximum absolute atomic E-state index is 13.7. The van der Waals surface area contributed by atoms with Crippen molar-refractivity contribution >= 4 is 15.9 Å². The van der Waals surface area contributed by atoms with Gasteiger partial charge in [0.15, 0.2) is 17.5 Å². The molecule has 0 fully saturated rings. The average Bonchev–Trinajstić information content (AvgIpc) is 2.44. The molecule has 0 heterocycles. The largest absolute Gasteiger partial charge is 0.204 e. The molecule has 0 aliphatic rings. The fourth-order valence-electron chi connectivity index (χ4n) is 1.84. The summed E-state index contributed by atoms with van der Waals surface area (Å²) in [7, 11) is 0. The summed E-state index contributed by atoms with van der Waals surface area (Å²) < 4.78 is 39.8. The first kappa shape index (κ1) is 14.1. The van der Waals surface area contributed by atoms with Gasteiger partial charge in [-0.25, -0.2) is 13.2 Å². The topological polar surface area (TPSA) is 0 Å². The van der Waals surface area contributed by atoms with Crippen LogP contribution in [0.2, 0.25) is 0 Å². The molecule has 0 saturated heterocycles. The molecule has 0 aromatic heterocycles. The Morgan fingerprint density at radius 3 is 2.16 bits per heavy atom. The quantitative estimate of drug-likeness (QED) is 0.540. The second kappa shape index (κ2) is 5.78. The van der Waals surface area contributed by atoms with E-state index in [4.69, 9.17) is 0 Å². The molecule has 4 heteroatoms. The molecule has 0 aliphatic carbocycles. The van der Waals surface area contributed by atoms with E-state index in [1.54, 1.807) is 0 Å². The van der Waals surface area contributed by atoms with Gasteiger partial charge in [-0.05, 0) is 23.6 Å². The van der Waals surface area contributed by atoms with E-state index < -0.39 is 22.3 Å². The summed E-state index contributed by atoms with van der Waals surface area (Å²) in [6.07, 6.45) is 0.909. The van der Waals surface area contributed by atoms with Gasteiger partial charge in [-0.1, -0.05) is 53.2 Å². The third-order valence-corrected chi connectivity index (χ3v) is 4.04. The van der Waals surface area contributed by atoms with Gasteiger partial charge in [0.25, 0.3) is 0 Å². The minimum absolute atomic E-state index is 0.0862. The van der Waals surface area contributed by atoms with Gasteiger partial charge in [0.05, 0.1) is 4.83 Å². The molecule has 0 spiro atoms. The van der Waals surface area contributed by atoms with E-state index in [0.29, 0.717) is 0 Å². The van der Waals surface area contributed by atoms with Crippen LogP contribution in [0.4, 0.5) is 13.2 Å². The van der Waals surface area contributed by atoms with E-state index >= 15 is 0 Å². The Bertz CT molecular complexity index is 579. The van der Waals surface area contributed by atoms with E-state index in [1.165, 1.54) is 6.07 Å². The summed E-state index contributed by atoms with van der Waals surface area (Å²) in [6.45, 7) is 2.04. The number of rotatable bonds is 3. The molecule has 0 amide bonds. The monoisotopic (exact) mass is 328 g/mol. The number of halogens is 4. The molecule has 0 bridgehead atoms. The average molecular weight is 329 g/mol. The van der Waals surface area contributed by atoms with Gasteiger partial charge in [0.1, 0.15) is 0 Å². The van der Waals surface area contributed by atoms with Crippen molar-refractivity contribution in [3.63, 3.8) is 0 Å². The molecule has 0 nitrogen and oxygen atoms in total. The molecule has 2 aromatic rings. The van der Waals surface area contributed by atoms with Crippen molar-refractivity contribution in [3.05, 3.63) is 70.5 Å². The van der Waals surface area contributed by atoms with Crippen molar-refractivity contribution in [3.8, 4) is 0 Å². The molecular formula is C15H12BrF3. The summed E-state index contributed by atoms with van der Waals surface area (Å²) in [5.74, 6) is -3.77. The van der Waals surface area contributed by atoms with E-state index in [2.05, 4.69) is 15.9 Å². The summed E-state index contributed by atoms with van der Waals surface area (Å²) in [6, 6.07) is 9.74. The van der Waals surface area contributed by atoms with Crippen molar-refractivity contribution in [2.75, 3.05) is 0 Å². The summed E-state index contributed by atoms with van der Waals surface area (Å²) in [5, 5.41) is 0. The first-order chi connectivity index (χ1) is 9.04. The number of hydrogen-bond acceptors (Lipinski definition) is 0. The van der Waals surface area contributed by atoms with Crippen LogP contribution >= 0.6 is 15.9 Å². The number of benzene rings is 2. The van der Waals surface area contributed by atoms with Gasteiger partial charge >= 0.3 is 0 Å². The Labute approximate surface area is 118 Å². The second-order valence-electron chi connectivity index (χ2n) is 4.22. The lowest BCUT2D eigenvalue weighted by atomic mass is 10.0. The van der Waals surface area contributed by atoms with Crippen LogP contribution in [0.15, 0.2) is 36.4 Å². The zero-order valence-corrected chi connectivity index (χ0v) is 11.8. The van der Waals surface area contributed by atoms with Crippen molar-refractivity contribution in [2.45, 2.75) is 18.2 Å². The third kappa shape index (κ3) is 2.84. The van der Waals surface area contributed by atoms with Gasteiger partial charge in [-0.15, -0.1) is 0 Å². The lowest BCUT2D eigenvalue weighted by Crippen LogP contribution is -2.01. The Morgan fingerprint density at radius 2 is 1.58 bits per heavy atom. The number of alkyl halides is 1. The van der Waals surface area contributed by atoms with Gasteiger partial charge in [-0.3, -0.25) is 0 Å². The highest BCUT2D eigenvalue weighted by atomic mass is 79.9. The zero-order chi connectivity index (χ0) is 14.0. The molecule has 0 radical (unpaired) electrons. The van der Waals surface area contributed by atoms with Crippen molar-refractivity contribution < 1.29 is 13.2 Å². The first-order valence-corrected chi connectivity index (χ1v) is 6.82. The Balaban J connectivity index is 2.38.